The Labute approximate surface area is 115 Å². The molecule has 1 aromatic carbocycles. The van der Waals surface area contributed by atoms with Gasteiger partial charge in [0.15, 0.2) is 0 Å². The van der Waals surface area contributed by atoms with Crippen LogP contribution in [0.2, 0.25) is 0 Å². The van der Waals surface area contributed by atoms with Crippen LogP contribution in [0.3, 0.4) is 0 Å². The Balaban J connectivity index is 2.72. The van der Waals surface area contributed by atoms with Gasteiger partial charge < -0.3 is 16.0 Å². The number of anilines is 2. The molecule has 0 aliphatic heterocycles. The Bertz CT molecular complexity index is 449. The molecule has 0 heterocycles. The molecule has 0 radical (unpaired) electrons. The third kappa shape index (κ3) is 5.48. The molecule has 3 N–H and O–H groups in total. The van der Waals surface area contributed by atoms with Gasteiger partial charge in [-0.25, -0.2) is 0 Å². The van der Waals surface area contributed by atoms with Crippen molar-refractivity contribution in [2.75, 3.05) is 30.8 Å². The fourth-order valence-corrected chi connectivity index (χ4v) is 1.60. The van der Waals surface area contributed by atoms with E-state index >= 15 is 0 Å². The molecule has 7 heteroatoms. The first-order valence-corrected chi connectivity index (χ1v) is 6.18. The quantitative estimate of drug-likeness (QED) is 0.754. The average molecular weight is 289 g/mol. The summed E-state index contributed by atoms with van der Waals surface area (Å²) in [4.78, 5) is 11.9. The molecule has 0 aliphatic rings. The summed E-state index contributed by atoms with van der Waals surface area (Å²) in [6.45, 7) is 1.08. The van der Waals surface area contributed by atoms with Crippen molar-refractivity contribution in [3.63, 3.8) is 0 Å². The van der Waals surface area contributed by atoms with Crippen LogP contribution >= 0.6 is 0 Å². The van der Waals surface area contributed by atoms with E-state index in [2.05, 4.69) is 16.0 Å². The maximum atomic E-state index is 12.2. The number of halogens is 3. The SMILES string of the molecule is CNCC(C)C(=O)Nc1ccccc1NCC(F)(F)F. The van der Waals surface area contributed by atoms with E-state index < -0.39 is 12.7 Å². The maximum absolute atomic E-state index is 12.2. The molecular weight excluding hydrogens is 271 g/mol. The maximum Gasteiger partial charge on any atom is 0.405 e. The molecule has 20 heavy (non-hydrogen) atoms. The summed E-state index contributed by atoms with van der Waals surface area (Å²) in [5, 5.41) is 7.77. The molecule has 0 saturated carbocycles. The number of rotatable bonds is 6. The Kier molecular flexibility index (Phi) is 5.82. The van der Waals surface area contributed by atoms with Crippen molar-refractivity contribution >= 4 is 17.3 Å². The topological polar surface area (TPSA) is 53.2 Å². The van der Waals surface area contributed by atoms with Crippen molar-refractivity contribution in [1.29, 1.82) is 0 Å². The van der Waals surface area contributed by atoms with Crippen molar-refractivity contribution < 1.29 is 18.0 Å². The van der Waals surface area contributed by atoms with Gasteiger partial charge in [0, 0.05) is 12.5 Å². The second-order valence-corrected chi connectivity index (χ2v) is 4.46. The molecule has 0 aromatic heterocycles. The Hall–Kier alpha value is -1.76. The van der Waals surface area contributed by atoms with Crippen LogP contribution < -0.4 is 16.0 Å². The summed E-state index contributed by atoms with van der Waals surface area (Å²) in [6, 6.07) is 6.30. The number of amides is 1. The zero-order valence-electron chi connectivity index (χ0n) is 11.3. The van der Waals surface area contributed by atoms with Gasteiger partial charge in [-0.3, -0.25) is 4.79 Å². The standard InChI is InChI=1S/C13H18F3N3O/c1-9(7-17-2)12(20)19-11-6-4-3-5-10(11)18-8-13(14,15)16/h3-6,9,17-18H,7-8H2,1-2H3,(H,19,20). The van der Waals surface area contributed by atoms with Gasteiger partial charge >= 0.3 is 6.18 Å². The van der Waals surface area contributed by atoms with Crippen molar-refractivity contribution in [3.8, 4) is 0 Å². The molecule has 0 fully saturated rings. The summed E-state index contributed by atoms with van der Waals surface area (Å²) < 4.78 is 36.6. The van der Waals surface area contributed by atoms with Crippen molar-refractivity contribution in [3.05, 3.63) is 24.3 Å². The number of benzene rings is 1. The van der Waals surface area contributed by atoms with Crippen LogP contribution in [0.1, 0.15) is 6.92 Å². The number of para-hydroxylation sites is 2. The van der Waals surface area contributed by atoms with Crippen molar-refractivity contribution in [2.24, 2.45) is 5.92 Å². The fraction of sp³-hybridized carbons (Fsp3) is 0.462. The molecule has 0 bridgehead atoms. The largest absolute Gasteiger partial charge is 0.405 e. The molecule has 112 valence electrons. The minimum atomic E-state index is -4.31. The number of hydrogen-bond acceptors (Lipinski definition) is 3. The van der Waals surface area contributed by atoms with E-state index in [0.29, 0.717) is 12.2 Å². The monoisotopic (exact) mass is 289 g/mol. The lowest BCUT2D eigenvalue weighted by Crippen LogP contribution is -2.29. The lowest BCUT2D eigenvalue weighted by molar-refractivity contribution is -0.119. The van der Waals surface area contributed by atoms with E-state index in [1.54, 1.807) is 32.2 Å². The third-order valence-corrected chi connectivity index (χ3v) is 2.62. The smallest absolute Gasteiger partial charge is 0.375 e. The zero-order valence-corrected chi connectivity index (χ0v) is 11.3. The Morgan fingerprint density at radius 2 is 1.85 bits per heavy atom. The van der Waals surface area contributed by atoms with Crippen LogP contribution in [0.4, 0.5) is 24.5 Å². The van der Waals surface area contributed by atoms with Crippen LogP contribution in [0.15, 0.2) is 24.3 Å². The molecule has 1 aromatic rings. The molecule has 1 atom stereocenters. The first-order chi connectivity index (χ1) is 9.33. The van der Waals surface area contributed by atoms with Gasteiger partial charge in [0.05, 0.1) is 11.4 Å². The van der Waals surface area contributed by atoms with Crippen LogP contribution in [-0.2, 0) is 4.79 Å². The predicted molar refractivity (Wildman–Crippen MR) is 72.7 cm³/mol. The second-order valence-electron chi connectivity index (χ2n) is 4.46. The summed E-state index contributed by atoms with van der Waals surface area (Å²) in [5.74, 6) is -0.531. The third-order valence-electron chi connectivity index (χ3n) is 2.62. The summed E-state index contributed by atoms with van der Waals surface area (Å²) in [7, 11) is 1.72. The second kappa shape index (κ2) is 7.14. The number of carbonyl (C=O) groups excluding carboxylic acids is 1. The predicted octanol–water partition coefficient (Wildman–Crippen LogP) is 2.45. The molecule has 1 amide bonds. The highest BCUT2D eigenvalue weighted by Gasteiger charge is 2.27. The highest BCUT2D eigenvalue weighted by Crippen LogP contribution is 2.24. The van der Waals surface area contributed by atoms with Gasteiger partial charge in [-0.2, -0.15) is 13.2 Å². The van der Waals surface area contributed by atoms with Crippen molar-refractivity contribution in [1.82, 2.24) is 5.32 Å². The molecule has 1 rings (SSSR count). The fourth-order valence-electron chi connectivity index (χ4n) is 1.60. The van der Waals surface area contributed by atoms with Gasteiger partial charge in [0.2, 0.25) is 5.91 Å². The first kappa shape index (κ1) is 16.3. The minimum absolute atomic E-state index is 0.245. The number of nitrogens with one attached hydrogen (secondary N) is 3. The van der Waals surface area contributed by atoms with E-state index in [0.717, 1.165) is 0 Å². The first-order valence-electron chi connectivity index (χ1n) is 6.18. The van der Waals surface area contributed by atoms with E-state index in [9.17, 15) is 18.0 Å². The molecule has 0 aliphatic carbocycles. The number of hydrogen-bond donors (Lipinski definition) is 3. The van der Waals surface area contributed by atoms with Gasteiger partial charge in [-0.15, -0.1) is 0 Å². The molecule has 4 nitrogen and oxygen atoms in total. The lowest BCUT2D eigenvalue weighted by atomic mass is 10.1. The van der Waals surface area contributed by atoms with Gasteiger partial charge in [0.1, 0.15) is 6.54 Å². The summed E-state index contributed by atoms with van der Waals surface area (Å²) in [6.07, 6.45) is -4.31. The van der Waals surface area contributed by atoms with Crippen LogP contribution in [0, 0.1) is 5.92 Å². The average Bonchev–Trinajstić information content (AvgIpc) is 2.37. The van der Waals surface area contributed by atoms with E-state index in [-0.39, 0.29) is 17.5 Å². The lowest BCUT2D eigenvalue weighted by Gasteiger charge is -2.16. The molecular formula is C13H18F3N3O. The summed E-state index contributed by atoms with van der Waals surface area (Å²) >= 11 is 0. The van der Waals surface area contributed by atoms with Gasteiger partial charge in [-0.1, -0.05) is 19.1 Å². The Morgan fingerprint density at radius 3 is 2.40 bits per heavy atom. The van der Waals surface area contributed by atoms with E-state index in [4.69, 9.17) is 0 Å². The summed E-state index contributed by atoms with van der Waals surface area (Å²) in [5.41, 5.74) is 0.583. The van der Waals surface area contributed by atoms with Crippen LogP contribution in [0.5, 0.6) is 0 Å². The number of alkyl halides is 3. The zero-order chi connectivity index (χ0) is 15.2. The Morgan fingerprint density at radius 1 is 1.25 bits per heavy atom. The van der Waals surface area contributed by atoms with E-state index in [1.165, 1.54) is 6.07 Å². The van der Waals surface area contributed by atoms with Crippen LogP contribution in [0.25, 0.3) is 0 Å². The highest BCUT2D eigenvalue weighted by atomic mass is 19.4. The molecule has 1 unspecified atom stereocenters. The van der Waals surface area contributed by atoms with Gasteiger partial charge in [-0.05, 0) is 19.2 Å². The van der Waals surface area contributed by atoms with E-state index in [1.807, 2.05) is 0 Å². The molecule has 0 spiro atoms. The normalized spacial score (nSPS) is 12.8. The van der Waals surface area contributed by atoms with Gasteiger partial charge in [0.25, 0.3) is 0 Å². The van der Waals surface area contributed by atoms with Crippen molar-refractivity contribution in [2.45, 2.75) is 13.1 Å². The number of carbonyl (C=O) groups is 1. The minimum Gasteiger partial charge on any atom is -0.375 e. The highest BCUT2D eigenvalue weighted by molar-refractivity contribution is 5.95. The molecule has 0 saturated heterocycles. The van der Waals surface area contributed by atoms with Crippen LogP contribution in [-0.4, -0.2) is 32.2 Å².